The van der Waals surface area contributed by atoms with Gasteiger partial charge in [-0.1, -0.05) is 78.7 Å². The number of hydrogen-bond donors (Lipinski definition) is 2. The third-order valence-electron chi connectivity index (χ3n) is 15.1. The lowest BCUT2D eigenvalue weighted by Gasteiger charge is -2.72. The second kappa shape index (κ2) is 9.05. The van der Waals surface area contributed by atoms with Crippen LogP contribution in [0.3, 0.4) is 0 Å². The van der Waals surface area contributed by atoms with Crippen LogP contribution in [0.1, 0.15) is 119 Å². The van der Waals surface area contributed by atoms with Gasteiger partial charge in [-0.05, 0) is 121 Å². The highest BCUT2D eigenvalue weighted by molar-refractivity contribution is 5.97. The number of aryl methyl sites for hydroxylation is 1. The molecule has 4 fully saturated rings. The van der Waals surface area contributed by atoms with Crippen molar-refractivity contribution < 1.29 is 14.7 Å². The number of anilines is 1. The Morgan fingerprint density at radius 1 is 0.833 bits per heavy atom. The number of aliphatic hydroxyl groups is 1. The van der Waals surface area contributed by atoms with Crippen molar-refractivity contribution in [2.24, 2.45) is 49.7 Å². The summed E-state index contributed by atoms with van der Waals surface area (Å²) in [5.74, 6) is 0.718. The number of rotatable bonds is 2. The van der Waals surface area contributed by atoms with Gasteiger partial charge in [0.25, 0.3) is 0 Å². The molecule has 0 saturated heterocycles. The first kappa shape index (κ1) is 30.1. The van der Waals surface area contributed by atoms with E-state index in [1.165, 1.54) is 11.1 Å². The fourth-order valence-electron chi connectivity index (χ4n) is 11.9. The average molecular weight is 574 g/mol. The molecule has 1 aromatic rings. The van der Waals surface area contributed by atoms with Crippen LogP contribution in [0.5, 0.6) is 0 Å². The molecule has 5 aliphatic rings. The van der Waals surface area contributed by atoms with Crippen molar-refractivity contribution in [3.63, 3.8) is 0 Å². The second-order valence-corrected chi connectivity index (χ2v) is 17.6. The summed E-state index contributed by atoms with van der Waals surface area (Å²) >= 11 is 0. The van der Waals surface area contributed by atoms with Crippen LogP contribution in [0, 0.1) is 56.7 Å². The van der Waals surface area contributed by atoms with Crippen LogP contribution in [0.2, 0.25) is 0 Å². The third kappa shape index (κ3) is 3.75. The van der Waals surface area contributed by atoms with E-state index in [2.05, 4.69) is 73.7 Å². The van der Waals surface area contributed by atoms with E-state index in [4.69, 9.17) is 0 Å². The molecule has 9 unspecified atom stereocenters. The van der Waals surface area contributed by atoms with Gasteiger partial charge in [-0.15, -0.1) is 0 Å². The lowest BCUT2D eigenvalue weighted by molar-refractivity contribution is -0.207. The normalized spacial score (nSPS) is 47.7. The molecule has 4 heteroatoms. The Bertz CT molecular complexity index is 1340. The number of amides is 1. The van der Waals surface area contributed by atoms with E-state index in [-0.39, 0.29) is 50.4 Å². The molecule has 0 spiro atoms. The van der Waals surface area contributed by atoms with Crippen molar-refractivity contribution in [1.29, 1.82) is 0 Å². The van der Waals surface area contributed by atoms with Crippen molar-refractivity contribution in [2.75, 3.05) is 5.32 Å². The SMILES string of the molecule is Cc1ccc(NC(=O)C2(C)CCC3(C)CCC4(C)C(=CC(=O)C5C6(C)CCC(O)C(C)(C)C6CCC54C)C3(C)C2)cc1. The number of nitrogens with one attached hydrogen (secondary N) is 1. The summed E-state index contributed by atoms with van der Waals surface area (Å²) < 4.78 is 0. The Morgan fingerprint density at radius 2 is 1.48 bits per heavy atom. The van der Waals surface area contributed by atoms with Crippen LogP contribution in [0.25, 0.3) is 0 Å². The summed E-state index contributed by atoms with van der Waals surface area (Å²) in [7, 11) is 0. The molecule has 2 N–H and O–H groups in total. The smallest absolute Gasteiger partial charge is 0.230 e. The topological polar surface area (TPSA) is 66.4 Å². The van der Waals surface area contributed by atoms with Gasteiger partial charge in [0.05, 0.1) is 6.10 Å². The summed E-state index contributed by atoms with van der Waals surface area (Å²) in [5, 5.41) is 14.3. The zero-order valence-corrected chi connectivity index (χ0v) is 27.7. The van der Waals surface area contributed by atoms with Crippen molar-refractivity contribution in [1.82, 2.24) is 0 Å². The maximum Gasteiger partial charge on any atom is 0.230 e. The third-order valence-corrected chi connectivity index (χ3v) is 15.1. The van der Waals surface area contributed by atoms with Gasteiger partial charge in [-0.3, -0.25) is 9.59 Å². The van der Waals surface area contributed by atoms with E-state index in [9.17, 15) is 14.7 Å². The Hall–Kier alpha value is -1.94. The first-order chi connectivity index (χ1) is 19.4. The molecule has 1 aromatic carbocycles. The minimum absolute atomic E-state index is 0.0305. The second-order valence-electron chi connectivity index (χ2n) is 17.6. The van der Waals surface area contributed by atoms with Gasteiger partial charge >= 0.3 is 0 Å². The highest BCUT2D eigenvalue weighted by Crippen LogP contribution is 2.77. The Balaban J connectivity index is 1.40. The zero-order valence-electron chi connectivity index (χ0n) is 27.7. The molecule has 0 heterocycles. The lowest BCUT2D eigenvalue weighted by atomic mass is 9.31. The number of aliphatic hydroxyl groups excluding tert-OH is 1. The number of ketones is 1. The highest BCUT2D eigenvalue weighted by atomic mass is 16.3. The van der Waals surface area contributed by atoms with E-state index in [0.717, 1.165) is 63.5 Å². The van der Waals surface area contributed by atoms with Gasteiger partial charge in [0.15, 0.2) is 5.78 Å². The maximum atomic E-state index is 14.7. The lowest BCUT2D eigenvalue weighted by Crippen LogP contribution is -2.68. The molecule has 9 atom stereocenters. The summed E-state index contributed by atoms with van der Waals surface area (Å²) in [6.07, 6.45) is 10.4. The van der Waals surface area contributed by atoms with E-state index in [1.807, 2.05) is 24.3 Å². The molecule has 0 radical (unpaired) electrons. The first-order valence-electron chi connectivity index (χ1n) is 16.7. The highest BCUT2D eigenvalue weighted by Gasteiger charge is 2.72. The van der Waals surface area contributed by atoms with Crippen LogP contribution >= 0.6 is 0 Å². The minimum Gasteiger partial charge on any atom is -0.393 e. The van der Waals surface area contributed by atoms with E-state index in [0.29, 0.717) is 11.7 Å². The van der Waals surface area contributed by atoms with Crippen LogP contribution in [0.4, 0.5) is 5.69 Å². The Morgan fingerprint density at radius 3 is 2.14 bits per heavy atom. The minimum atomic E-state index is -0.508. The molecular formula is C38H55NO3. The molecular weight excluding hydrogens is 518 g/mol. The van der Waals surface area contributed by atoms with Gasteiger partial charge in [0.1, 0.15) is 0 Å². The van der Waals surface area contributed by atoms with Gasteiger partial charge < -0.3 is 10.4 Å². The predicted octanol–water partition coefficient (Wildman–Crippen LogP) is 8.67. The van der Waals surface area contributed by atoms with Gasteiger partial charge in [0.2, 0.25) is 5.91 Å². The predicted molar refractivity (Wildman–Crippen MR) is 170 cm³/mol. The van der Waals surface area contributed by atoms with Gasteiger partial charge in [-0.2, -0.15) is 0 Å². The summed E-state index contributed by atoms with van der Waals surface area (Å²) in [6, 6.07) is 8.08. The summed E-state index contributed by atoms with van der Waals surface area (Å²) in [4.78, 5) is 28.6. The molecule has 4 nitrogen and oxygen atoms in total. The molecule has 0 bridgehead atoms. The monoisotopic (exact) mass is 573 g/mol. The first-order valence-corrected chi connectivity index (χ1v) is 16.7. The van der Waals surface area contributed by atoms with E-state index in [1.54, 1.807) is 0 Å². The molecule has 6 rings (SSSR count). The molecule has 5 aliphatic carbocycles. The average Bonchev–Trinajstić information content (AvgIpc) is 2.90. The number of carbonyl (C=O) groups is 2. The van der Waals surface area contributed by atoms with Crippen molar-refractivity contribution >= 4 is 17.4 Å². The fraction of sp³-hybridized carbons (Fsp3) is 0.737. The molecule has 230 valence electrons. The van der Waals surface area contributed by atoms with Crippen LogP contribution in [-0.4, -0.2) is 22.9 Å². The van der Waals surface area contributed by atoms with Crippen molar-refractivity contribution in [2.45, 2.75) is 126 Å². The Labute approximate surface area is 254 Å². The molecule has 0 aliphatic heterocycles. The molecule has 0 aromatic heterocycles. The zero-order chi connectivity index (χ0) is 30.7. The number of hydrogen-bond acceptors (Lipinski definition) is 3. The number of fused-ring (bicyclic) bond motifs is 7. The summed E-state index contributed by atoms with van der Waals surface area (Å²) in [6.45, 7) is 20.8. The molecule has 4 saturated carbocycles. The van der Waals surface area contributed by atoms with Crippen LogP contribution in [0.15, 0.2) is 35.9 Å². The molecule has 1 amide bonds. The largest absolute Gasteiger partial charge is 0.393 e. The quantitative estimate of drug-likeness (QED) is 0.372. The maximum absolute atomic E-state index is 14.7. The van der Waals surface area contributed by atoms with Gasteiger partial charge in [-0.25, -0.2) is 0 Å². The van der Waals surface area contributed by atoms with Gasteiger partial charge in [0, 0.05) is 17.0 Å². The van der Waals surface area contributed by atoms with Crippen LogP contribution in [-0.2, 0) is 9.59 Å². The summed E-state index contributed by atoms with van der Waals surface area (Å²) in [5.41, 5.74) is 2.14. The Kier molecular flexibility index (Phi) is 6.49. The number of allylic oxidation sites excluding steroid dienone is 2. The fourth-order valence-corrected chi connectivity index (χ4v) is 11.9. The van der Waals surface area contributed by atoms with E-state index >= 15 is 0 Å². The number of benzene rings is 1. The van der Waals surface area contributed by atoms with Crippen LogP contribution < -0.4 is 5.32 Å². The standard InChI is InChI=1S/C38H55NO3/c1-24-10-12-25(13-11-24)39-31(42)33(4)18-19-34(5)20-21-36(7)28(38(34,9)23-33)22-26(40)30-35(6)16-15-29(41)32(2,3)27(35)14-17-37(30,36)8/h10-13,22,27,29-30,41H,14-21,23H2,1-9H3,(H,39,42). The molecule has 42 heavy (non-hydrogen) atoms. The number of carbonyl (C=O) groups excluding carboxylic acids is 2. The van der Waals surface area contributed by atoms with E-state index < -0.39 is 5.41 Å². The van der Waals surface area contributed by atoms with Crippen molar-refractivity contribution in [3.05, 3.63) is 41.5 Å². The van der Waals surface area contributed by atoms with Crippen molar-refractivity contribution in [3.8, 4) is 0 Å².